The van der Waals surface area contributed by atoms with E-state index < -0.39 is 11.9 Å². The number of benzene rings is 2. The predicted octanol–water partition coefficient (Wildman–Crippen LogP) is 2.13. The van der Waals surface area contributed by atoms with Crippen LogP contribution in [0.3, 0.4) is 0 Å². The van der Waals surface area contributed by atoms with Gasteiger partial charge in [-0.2, -0.15) is 0 Å². The second-order valence-electron chi connectivity index (χ2n) is 9.97. The van der Waals surface area contributed by atoms with Crippen LogP contribution in [0.4, 0.5) is 10.5 Å². The minimum absolute atomic E-state index is 0.215. The summed E-state index contributed by atoms with van der Waals surface area (Å²) in [7, 11) is 0. The highest BCUT2D eigenvalue weighted by atomic mass is 16.5. The van der Waals surface area contributed by atoms with E-state index in [2.05, 4.69) is 16.0 Å². The lowest BCUT2D eigenvalue weighted by atomic mass is 9.75. The highest BCUT2D eigenvalue weighted by Crippen LogP contribution is 2.33. The number of amides is 5. The molecule has 2 aliphatic heterocycles. The largest absolute Gasteiger partial charge is 0.493 e. The van der Waals surface area contributed by atoms with Crippen LogP contribution >= 0.6 is 0 Å². The number of hydrogen-bond acceptors (Lipinski definition) is 6. The molecule has 2 aromatic carbocycles. The number of carbonyl (C=O) groups excluding carboxylic acids is 4. The summed E-state index contributed by atoms with van der Waals surface area (Å²) in [5, 5.41) is 7.93. The van der Waals surface area contributed by atoms with Gasteiger partial charge in [0, 0.05) is 30.8 Å². The number of hydrogen-bond donors (Lipinski definition) is 4. The summed E-state index contributed by atoms with van der Waals surface area (Å²) in [4.78, 5) is 50.4. The van der Waals surface area contributed by atoms with Gasteiger partial charge in [-0.05, 0) is 79.1 Å². The van der Waals surface area contributed by atoms with E-state index in [4.69, 9.17) is 10.5 Å². The van der Waals surface area contributed by atoms with Crippen molar-refractivity contribution in [2.75, 3.05) is 18.5 Å². The molecule has 0 radical (unpaired) electrons. The third-order valence-corrected chi connectivity index (χ3v) is 7.31. The Bertz CT molecular complexity index is 1210. The zero-order valence-electron chi connectivity index (χ0n) is 20.5. The summed E-state index contributed by atoms with van der Waals surface area (Å²) >= 11 is 0. The molecule has 0 spiro atoms. The highest BCUT2D eigenvalue weighted by Gasteiger charge is 2.39. The van der Waals surface area contributed by atoms with E-state index in [1.165, 1.54) is 4.90 Å². The Balaban J connectivity index is 1.09. The maximum Gasteiger partial charge on any atom is 0.319 e. The molecule has 1 aliphatic carbocycles. The zero-order chi connectivity index (χ0) is 25.9. The van der Waals surface area contributed by atoms with Gasteiger partial charge in [0.2, 0.25) is 11.8 Å². The lowest BCUT2D eigenvalue weighted by Gasteiger charge is -2.34. The summed E-state index contributed by atoms with van der Waals surface area (Å²) in [6.45, 7) is 2.00. The molecule has 2 heterocycles. The van der Waals surface area contributed by atoms with Crippen molar-refractivity contribution in [2.45, 2.75) is 44.8 Å². The van der Waals surface area contributed by atoms with Crippen molar-refractivity contribution in [3.63, 3.8) is 0 Å². The Morgan fingerprint density at radius 1 is 1.08 bits per heavy atom. The molecule has 1 saturated heterocycles. The molecule has 2 aromatic rings. The first-order valence-electron chi connectivity index (χ1n) is 12.6. The molecule has 10 heteroatoms. The van der Waals surface area contributed by atoms with Gasteiger partial charge in [0.05, 0.1) is 6.61 Å². The van der Waals surface area contributed by atoms with Crippen LogP contribution in [-0.4, -0.2) is 47.8 Å². The number of imide groups is 1. The Morgan fingerprint density at radius 2 is 1.86 bits per heavy atom. The van der Waals surface area contributed by atoms with Crippen LogP contribution in [0.15, 0.2) is 42.5 Å². The Hall–Kier alpha value is -3.92. The van der Waals surface area contributed by atoms with Crippen molar-refractivity contribution in [3.8, 4) is 5.75 Å². The highest BCUT2D eigenvalue weighted by molar-refractivity contribution is 6.05. The summed E-state index contributed by atoms with van der Waals surface area (Å²) in [5.41, 5.74) is 8.48. The number of anilines is 1. The van der Waals surface area contributed by atoms with Crippen molar-refractivity contribution in [2.24, 2.45) is 17.6 Å². The van der Waals surface area contributed by atoms with Crippen LogP contribution < -0.4 is 26.4 Å². The lowest BCUT2D eigenvalue weighted by molar-refractivity contribution is -0.136. The van der Waals surface area contributed by atoms with Crippen molar-refractivity contribution >= 4 is 29.4 Å². The summed E-state index contributed by atoms with van der Waals surface area (Å²) in [6, 6.07) is 11.6. The molecule has 0 aromatic heterocycles. The molecule has 0 bridgehead atoms. The second kappa shape index (κ2) is 10.6. The van der Waals surface area contributed by atoms with Gasteiger partial charge in [-0.3, -0.25) is 19.7 Å². The summed E-state index contributed by atoms with van der Waals surface area (Å²) in [6.07, 6.45) is 2.78. The molecule has 1 atom stereocenters. The molecule has 10 nitrogen and oxygen atoms in total. The fourth-order valence-corrected chi connectivity index (χ4v) is 5.15. The molecule has 37 heavy (non-hydrogen) atoms. The Morgan fingerprint density at radius 3 is 2.59 bits per heavy atom. The number of nitrogens with zero attached hydrogens (tertiary/aromatic N) is 1. The number of piperidine rings is 1. The van der Waals surface area contributed by atoms with Crippen LogP contribution in [-0.2, 0) is 22.7 Å². The van der Waals surface area contributed by atoms with Crippen molar-refractivity contribution < 1.29 is 23.9 Å². The maximum atomic E-state index is 12.8. The minimum Gasteiger partial charge on any atom is -0.493 e. The van der Waals surface area contributed by atoms with E-state index in [-0.39, 0.29) is 30.8 Å². The third kappa shape index (κ3) is 5.59. The van der Waals surface area contributed by atoms with Crippen LogP contribution in [0.1, 0.15) is 47.2 Å². The smallest absolute Gasteiger partial charge is 0.319 e. The molecule has 5 amide bonds. The SMILES string of the molecule is NCC1CC(COc2ccc(NC(=O)NCc3ccc4c(c3)CN(C3CCC(=O)NC3=O)C4=O)cc2)C1. The van der Waals surface area contributed by atoms with Gasteiger partial charge in [-0.25, -0.2) is 4.79 Å². The van der Waals surface area contributed by atoms with Gasteiger partial charge in [-0.1, -0.05) is 12.1 Å². The van der Waals surface area contributed by atoms with Crippen molar-refractivity contribution in [1.82, 2.24) is 15.5 Å². The number of urea groups is 1. The van der Waals surface area contributed by atoms with Crippen LogP contribution in [0.5, 0.6) is 5.75 Å². The van der Waals surface area contributed by atoms with E-state index in [0.29, 0.717) is 42.7 Å². The lowest BCUT2D eigenvalue weighted by Crippen LogP contribution is -2.52. The van der Waals surface area contributed by atoms with Crippen molar-refractivity contribution in [3.05, 3.63) is 59.2 Å². The van der Waals surface area contributed by atoms with Crippen LogP contribution in [0.2, 0.25) is 0 Å². The quantitative estimate of drug-likeness (QED) is 0.405. The van der Waals surface area contributed by atoms with E-state index in [9.17, 15) is 19.2 Å². The first-order valence-corrected chi connectivity index (χ1v) is 12.6. The van der Waals surface area contributed by atoms with Crippen molar-refractivity contribution in [1.29, 1.82) is 0 Å². The average Bonchev–Trinajstić information content (AvgIpc) is 3.18. The molecule has 3 aliphatic rings. The van der Waals surface area contributed by atoms with Crippen LogP contribution in [0, 0.1) is 11.8 Å². The number of fused-ring (bicyclic) bond motifs is 1. The Kier molecular flexibility index (Phi) is 7.09. The molecular weight excluding hydrogens is 474 g/mol. The van der Waals surface area contributed by atoms with Gasteiger partial charge in [-0.15, -0.1) is 0 Å². The van der Waals surface area contributed by atoms with Gasteiger partial charge in [0.25, 0.3) is 5.91 Å². The standard InChI is InChI=1S/C27H31N5O5/c28-12-17-9-18(10-17)15-37-21-4-2-20(3-5-21)30-27(36)29-13-16-1-6-22-19(11-16)14-32(26(22)35)23-7-8-24(33)31-25(23)34/h1-6,11,17-18,23H,7-10,12-15,28H2,(H2,29,30,36)(H,31,33,34). The molecule has 1 unspecified atom stereocenters. The second-order valence-corrected chi connectivity index (χ2v) is 9.97. The number of nitrogens with one attached hydrogen (secondary N) is 3. The Labute approximate surface area is 214 Å². The predicted molar refractivity (Wildman–Crippen MR) is 136 cm³/mol. The third-order valence-electron chi connectivity index (χ3n) is 7.31. The molecular formula is C27H31N5O5. The fraction of sp³-hybridized carbons (Fsp3) is 0.407. The topological polar surface area (TPSA) is 143 Å². The average molecular weight is 506 g/mol. The number of nitrogens with two attached hydrogens (primary N) is 1. The molecule has 5 rings (SSSR count). The summed E-state index contributed by atoms with van der Waals surface area (Å²) in [5.74, 6) is 0.990. The molecule has 1 saturated carbocycles. The van der Waals surface area contributed by atoms with Gasteiger partial charge in [0.1, 0.15) is 11.8 Å². The molecule has 2 fully saturated rings. The van der Waals surface area contributed by atoms with E-state index in [0.717, 1.165) is 36.3 Å². The van der Waals surface area contributed by atoms with Gasteiger partial charge >= 0.3 is 6.03 Å². The zero-order valence-corrected chi connectivity index (χ0v) is 20.5. The van der Waals surface area contributed by atoms with Gasteiger partial charge < -0.3 is 26.0 Å². The summed E-state index contributed by atoms with van der Waals surface area (Å²) < 4.78 is 5.84. The van der Waals surface area contributed by atoms with E-state index in [1.54, 1.807) is 24.3 Å². The minimum atomic E-state index is -0.650. The molecule has 5 N–H and O–H groups in total. The van der Waals surface area contributed by atoms with Crippen LogP contribution in [0.25, 0.3) is 0 Å². The fourth-order valence-electron chi connectivity index (χ4n) is 5.15. The van der Waals surface area contributed by atoms with Gasteiger partial charge in [0.15, 0.2) is 0 Å². The number of carbonyl (C=O) groups is 4. The first-order chi connectivity index (χ1) is 17.9. The maximum absolute atomic E-state index is 12.8. The van der Waals surface area contributed by atoms with E-state index in [1.807, 2.05) is 18.2 Å². The normalized spacial score (nSPS) is 22.7. The van der Waals surface area contributed by atoms with E-state index >= 15 is 0 Å². The molecule has 194 valence electrons. The number of ether oxygens (including phenoxy) is 1. The number of rotatable bonds is 8. The monoisotopic (exact) mass is 505 g/mol. The first kappa shape index (κ1) is 24.8.